The fraction of sp³-hybridized carbons (Fsp3) is 0.447. The Kier molecular flexibility index (Phi) is 8.31. The number of rotatable bonds is 10. The molecule has 12 heteroatoms. The van der Waals surface area contributed by atoms with Gasteiger partial charge in [0.05, 0.1) is 35.2 Å². The molecule has 12 nitrogen and oxygen atoms in total. The molecule has 4 aliphatic rings. The molecule has 3 fully saturated rings. The van der Waals surface area contributed by atoms with Crippen molar-refractivity contribution in [1.82, 2.24) is 39.3 Å². The van der Waals surface area contributed by atoms with E-state index in [4.69, 9.17) is 0 Å². The fourth-order valence-electron chi connectivity index (χ4n) is 7.86. The van der Waals surface area contributed by atoms with Crippen LogP contribution in [0, 0.1) is 6.92 Å². The third-order valence-corrected chi connectivity index (χ3v) is 11.1. The Hall–Kier alpha value is -4.81. The lowest BCUT2D eigenvalue weighted by atomic mass is 9.72. The first-order chi connectivity index (χ1) is 24.2. The van der Waals surface area contributed by atoms with E-state index in [-0.39, 0.29) is 23.3 Å². The van der Waals surface area contributed by atoms with Gasteiger partial charge in [-0.25, -0.2) is 4.98 Å². The summed E-state index contributed by atoms with van der Waals surface area (Å²) in [5.41, 5.74) is 5.93. The van der Waals surface area contributed by atoms with Gasteiger partial charge >= 0.3 is 0 Å². The van der Waals surface area contributed by atoms with Crippen LogP contribution >= 0.6 is 0 Å². The number of likely N-dealkylation sites (tertiary alicyclic amines) is 1. The second-order valence-electron chi connectivity index (χ2n) is 14.6. The molecule has 0 unspecified atom stereocenters. The molecule has 0 atom stereocenters. The number of aromatic nitrogens is 4. The molecule has 1 spiro atoms. The van der Waals surface area contributed by atoms with Crippen LogP contribution in [-0.2, 0) is 25.2 Å². The molecular weight excluding hydrogens is 630 g/mol. The minimum absolute atomic E-state index is 0.000640. The summed E-state index contributed by atoms with van der Waals surface area (Å²) in [6.07, 6.45) is 9.36. The summed E-state index contributed by atoms with van der Waals surface area (Å²) in [5.74, 6) is 0.0742. The van der Waals surface area contributed by atoms with E-state index in [1.807, 2.05) is 66.3 Å². The van der Waals surface area contributed by atoms with E-state index < -0.39 is 0 Å². The predicted octanol–water partition coefficient (Wildman–Crippen LogP) is 4.19. The molecule has 0 radical (unpaired) electrons. The van der Waals surface area contributed by atoms with Crippen LogP contribution in [0.1, 0.15) is 92.0 Å². The normalized spacial score (nSPS) is 18.6. The second-order valence-corrected chi connectivity index (χ2v) is 14.6. The molecule has 260 valence electrons. The molecule has 2 aliphatic heterocycles. The fourth-order valence-corrected chi connectivity index (χ4v) is 7.86. The van der Waals surface area contributed by atoms with Gasteiger partial charge in [-0.15, -0.1) is 0 Å². The highest BCUT2D eigenvalue weighted by atomic mass is 16.2. The Labute approximate surface area is 292 Å². The minimum atomic E-state index is -0.197. The molecule has 2 N–H and O–H groups in total. The number of fused-ring (bicyclic) bond motifs is 2. The standard InChI is InChI=1S/C38H45N9O3/c1-25-32(20-41-47(25)31-23-44(24-31)30-13-14-30)35(48)42-29-11-7-26(8-12-29)19-40-36(49)34-39-21-33-38(15-4-16-38)45(17-18-46(33)34)22-27-5-9-28(10-6-27)37(50)43(2)3/h5-12,20-21,30-31H,4,13-19,22-24H2,1-3H3,(H,40,49)(H,42,48). The molecule has 2 aromatic heterocycles. The molecule has 4 aromatic rings. The van der Waals surface area contributed by atoms with Gasteiger partial charge in [0.25, 0.3) is 17.7 Å². The number of imidazole rings is 1. The molecule has 1 saturated heterocycles. The summed E-state index contributed by atoms with van der Waals surface area (Å²) in [5, 5.41) is 10.6. The first kappa shape index (κ1) is 32.4. The molecule has 8 rings (SSSR count). The molecule has 3 amide bonds. The quantitative estimate of drug-likeness (QED) is 0.259. The highest BCUT2D eigenvalue weighted by Gasteiger charge is 2.49. The second kappa shape index (κ2) is 12.8. The van der Waals surface area contributed by atoms with Gasteiger partial charge in [-0.05, 0) is 74.4 Å². The smallest absolute Gasteiger partial charge is 0.287 e. The van der Waals surface area contributed by atoms with Gasteiger partial charge in [0.2, 0.25) is 0 Å². The van der Waals surface area contributed by atoms with E-state index in [1.54, 1.807) is 25.2 Å². The molecule has 2 aromatic carbocycles. The first-order valence-corrected chi connectivity index (χ1v) is 17.8. The lowest BCUT2D eigenvalue weighted by Crippen LogP contribution is -2.56. The van der Waals surface area contributed by atoms with Crippen LogP contribution in [0.4, 0.5) is 5.69 Å². The summed E-state index contributed by atoms with van der Waals surface area (Å²) in [6, 6.07) is 16.5. The molecule has 2 aliphatic carbocycles. The lowest BCUT2D eigenvalue weighted by molar-refractivity contribution is -0.0217. The van der Waals surface area contributed by atoms with E-state index in [0.29, 0.717) is 41.8 Å². The van der Waals surface area contributed by atoms with Crippen molar-refractivity contribution in [3.05, 3.63) is 100 Å². The van der Waals surface area contributed by atoms with Gasteiger partial charge in [0.15, 0.2) is 5.82 Å². The molecule has 50 heavy (non-hydrogen) atoms. The molecule has 0 bridgehead atoms. The zero-order chi connectivity index (χ0) is 34.6. The minimum Gasteiger partial charge on any atom is -0.345 e. The van der Waals surface area contributed by atoms with Gasteiger partial charge in [0.1, 0.15) is 0 Å². The van der Waals surface area contributed by atoms with E-state index >= 15 is 0 Å². The number of benzene rings is 2. The van der Waals surface area contributed by atoms with Crippen molar-refractivity contribution in [3.63, 3.8) is 0 Å². The van der Waals surface area contributed by atoms with Crippen LogP contribution < -0.4 is 10.6 Å². The van der Waals surface area contributed by atoms with Crippen molar-refractivity contribution in [3.8, 4) is 0 Å². The van der Waals surface area contributed by atoms with Crippen LogP contribution in [0.5, 0.6) is 0 Å². The van der Waals surface area contributed by atoms with Gasteiger partial charge in [-0.2, -0.15) is 5.10 Å². The van der Waals surface area contributed by atoms with Crippen molar-refractivity contribution in [2.45, 2.75) is 76.3 Å². The van der Waals surface area contributed by atoms with Crippen molar-refractivity contribution < 1.29 is 14.4 Å². The number of nitrogens with one attached hydrogen (secondary N) is 2. The Morgan fingerprint density at radius 3 is 2.28 bits per heavy atom. The van der Waals surface area contributed by atoms with Crippen molar-refractivity contribution in [1.29, 1.82) is 0 Å². The van der Waals surface area contributed by atoms with Crippen LogP contribution in [-0.4, -0.2) is 91.5 Å². The maximum absolute atomic E-state index is 13.4. The van der Waals surface area contributed by atoms with Crippen LogP contribution in [0.3, 0.4) is 0 Å². The van der Waals surface area contributed by atoms with Crippen molar-refractivity contribution >= 4 is 23.4 Å². The summed E-state index contributed by atoms with van der Waals surface area (Å²) in [7, 11) is 3.52. The summed E-state index contributed by atoms with van der Waals surface area (Å²) in [6.45, 7) is 6.61. The Morgan fingerprint density at radius 2 is 1.62 bits per heavy atom. The number of carbonyl (C=O) groups excluding carboxylic acids is 3. The number of carbonyl (C=O) groups is 3. The molecule has 4 heterocycles. The number of anilines is 1. The molecule has 2 saturated carbocycles. The molecular formula is C38H45N9O3. The van der Waals surface area contributed by atoms with Gasteiger partial charge in [-0.3, -0.25) is 28.9 Å². The first-order valence-electron chi connectivity index (χ1n) is 17.8. The Morgan fingerprint density at radius 1 is 0.900 bits per heavy atom. The zero-order valence-electron chi connectivity index (χ0n) is 29.1. The zero-order valence-corrected chi connectivity index (χ0v) is 29.1. The van der Waals surface area contributed by atoms with Gasteiger partial charge in [0, 0.05) is 76.4 Å². The van der Waals surface area contributed by atoms with Crippen LogP contribution in [0.2, 0.25) is 0 Å². The van der Waals surface area contributed by atoms with Crippen LogP contribution in [0.25, 0.3) is 0 Å². The third-order valence-electron chi connectivity index (χ3n) is 11.1. The lowest BCUT2D eigenvalue weighted by Gasteiger charge is -2.53. The summed E-state index contributed by atoms with van der Waals surface area (Å²) in [4.78, 5) is 50.0. The maximum Gasteiger partial charge on any atom is 0.287 e. The number of amides is 3. The number of nitrogens with zero attached hydrogens (tertiary/aromatic N) is 7. The average molecular weight is 676 g/mol. The van der Waals surface area contributed by atoms with Crippen molar-refractivity contribution in [2.75, 3.05) is 39.0 Å². The Bertz CT molecular complexity index is 1910. The summed E-state index contributed by atoms with van der Waals surface area (Å²) < 4.78 is 4.09. The topological polar surface area (TPSA) is 121 Å². The average Bonchev–Trinajstić information content (AvgIpc) is 3.70. The van der Waals surface area contributed by atoms with E-state index in [2.05, 4.69) is 35.1 Å². The predicted molar refractivity (Wildman–Crippen MR) is 189 cm³/mol. The highest BCUT2D eigenvalue weighted by molar-refractivity contribution is 6.04. The number of hydrogen-bond acceptors (Lipinski definition) is 7. The Balaban J connectivity index is 0.864. The van der Waals surface area contributed by atoms with E-state index in [1.165, 1.54) is 18.4 Å². The van der Waals surface area contributed by atoms with Crippen molar-refractivity contribution in [2.24, 2.45) is 0 Å². The summed E-state index contributed by atoms with van der Waals surface area (Å²) >= 11 is 0. The maximum atomic E-state index is 13.4. The monoisotopic (exact) mass is 675 g/mol. The van der Waals surface area contributed by atoms with E-state index in [9.17, 15) is 14.4 Å². The van der Waals surface area contributed by atoms with Crippen LogP contribution in [0.15, 0.2) is 60.9 Å². The highest BCUT2D eigenvalue weighted by Crippen LogP contribution is 2.49. The SMILES string of the molecule is Cc1c(C(=O)Nc2ccc(CNC(=O)c3ncc4n3CCN(Cc3ccc(C(=O)N(C)C)cc3)C43CCC3)cc2)cnn1C1CN(C2CC2)C1. The van der Waals surface area contributed by atoms with Gasteiger partial charge < -0.3 is 20.1 Å². The van der Waals surface area contributed by atoms with Gasteiger partial charge in [-0.1, -0.05) is 24.3 Å². The third kappa shape index (κ3) is 5.90. The van der Waals surface area contributed by atoms with E-state index in [0.717, 1.165) is 68.4 Å². The largest absolute Gasteiger partial charge is 0.345 e. The number of hydrogen-bond donors (Lipinski definition) is 2.